The number of nitro groups is 1. The minimum absolute atomic E-state index is 0.115. The molecule has 2 aliphatic rings. The molecule has 0 radical (unpaired) electrons. The Hall–Kier alpha value is -3.75. The number of hydroxylamine groups is 1. The van der Waals surface area contributed by atoms with E-state index in [0.717, 1.165) is 10.5 Å². The first-order valence-corrected chi connectivity index (χ1v) is 10.2. The van der Waals surface area contributed by atoms with Gasteiger partial charge in [0.1, 0.15) is 5.92 Å². The van der Waals surface area contributed by atoms with E-state index < -0.39 is 34.8 Å². The van der Waals surface area contributed by atoms with E-state index in [1.54, 1.807) is 30.3 Å². The molecule has 3 aromatic carbocycles. The maximum absolute atomic E-state index is 13.5. The number of amides is 2. The van der Waals surface area contributed by atoms with Crippen LogP contribution in [0.3, 0.4) is 0 Å². The van der Waals surface area contributed by atoms with Gasteiger partial charge in [-0.2, -0.15) is 0 Å². The van der Waals surface area contributed by atoms with E-state index >= 15 is 0 Å². The third-order valence-electron chi connectivity index (χ3n) is 5.64. The van der Waals surface area contributed by atoms with Crippen LogP contribution in [0.25, 0.3) is 0 Å². The molecule has 2 aliphatic heterocycles. The van der Waals surface area contributed by atoms with Crippen molar-refractivity contribution in [1.82, 2.24) is 0 Å². The van der Waals surface area contributed by atoms with Crippen LogP contribution < -0.4 is 9.96 Å². The van der Waals surface area contributed by atoms with Crippen molar-refractivity contribution in [2.45, 2.75) is 12.1 Å². The second kappa shape index (κ2) is 7.74. The summed E-state index contributed by atoms with van der Waals surface area (Å²) in [6, 6.07) is 20.9. The fourth-order valence-electron chi connectivity index (χ4n) is 4.22. The number of nitrogens with zero attached hydrogens (tertiary/aromatic N) is 3. The molecule has 160 valence electrons. The predicted molar refractivity (Wildman–Crippen MR) is 117 cm³/mol. The Morgan fingerprint density at radius 2 is 1.59 bits per heavy atom. The van der Waals surface area contributed by atoms with E-state index in [9.17, 15) is 19.7 Å². The molecule has 2 fully saturated rings. The van der Waals surface area contributed by atoms with Gasteiger partial charge in [-0.1, -0.05) is 48.0 Å². The predicted octanol–water partition coefficient (Wildman–Crippen LogP) is 4.30. The van der Waals surface area contributed by atoms with Crippen LogP contribution >= 0.6 is 11.6 Å². The first kappa shape index (κ1) is 20.2. The lowest BCUT2D eigenvalue weighted by molar-refractivity contribution is -0.384. The smallest absolute Gasteiger partial charge is 0.271 e. The molecule has 0 unspecified atom stereocenters. The van der Waals surface area contributed by atoms with Crippen LogP contribution in [0.4, 0.5) is 17.1 Å². The van der Waals surface area contributed by atoms with Gasteiger partial charge < -0.3 is 0 Å². The minimum Gasteiger partial charge on any atom is -0.273 e. The maximum Gasteiger partial charge on any atom is 0.271 e. The number of anilines is 2. The van der Waals surface area contributed by atoms with Crippen molar-refractivity contribution in [2.24, 2.45) is 5.92 Å². The summed E-state index contributed by atoms with van der Waals surface area (Å²) in [7, 11) is 0. The Kier molecular flexibility index (Phi) is 4.88. The average molecular weight is 450 g/mol. The van der Waals surface area contributed by atoms with E-state index in [0.29, 0.717) is 16.4 Å². The number of rotatable bonds is 4. The highest BCUT2D eigenvalue weighted by Gasteiger charge is 2.60. The van der Waals surface area contributed by atoms with E-state index in [4.69, 9.17) is 16.4 Å². The van der Waals surface area contributed by atoms with Gasteiger partial charge in [0.15, 0.2) is 6.10 Å². The van der Waals surface area contributed by atoms with Crippen molar-refractivity contribution >= 4 is 40.5 Å². The van der Waals surface area contributed by atoms with Crippen molar-refractivity contribution in [1.29, 1.82) is 0 Å². The summed E-state index contributed by atoms with van der Waals surface area (Å²) in [6.45, 7) is 0. The number of hydrogen-bond donors (Lipinski definition) is 0. The number of carbonyl (C=O) groups excluding carboxylic acids is 2. The Balaban J connectivity index is 1.58. The van der Waals surface area contributed by atoms with E-state index in [1.807, 2.05) is 30.3 Å². The van der Waals surface area contributed by atoms with Crippen LogP contribution in [-0.2, 0) is 14.4 Å². The molecular weight excluding hydrogens is 434 g/mol. The van der Waals surface area contributed by atoms with Gasteiger partial charge in [-0.25, -0.2) is 9.96 Å². The number of benzene rings is 3. The summed E-state index contributed by atoms with van der Waals surface area (Å²) < 4.78 is 0. The van der Waals surface area contributed by atoms with Crippen LogP contribution in [0, 0.1) is 16.0 Å². The summed E-state index contributed by atoms with van der Waals surface area (Å²) in [5.41, 5.74) is 1.44. The first-order valence-electron chi connectivity index (χ1n) is 9.84. The molecule has 2 saturated heterocycles. The number of hydrogen-bond acceptors (Lipinski definition) is 6. The molecular formula is C23H16ClN3O5. The van der Waals surface area contributed by atoms with Gasteiger partial charge in [-0.05, 0) is 35.9 Å². The van der Waals surface area contributed by atoms with Gasteiger partial charge in [0.05, 0.1) is 22.3 Å². The van der Waals surface area contributed by atoms with Crippen molar-refractivity contribution in [2.75, 3.05) is 9.96 Å². The minimum atomic E-state index is -1.05. The zero-order chi connectivity index (χ0) is 22.4. The Bertz CT molecular complexity index is 1220. The molecule has 0 N–H and O–H groups in total. The Morgan fingerprint density at radius 1 is 0.875 bits per heavy atom. The summed E-state index contributed by atoms with van der Waals surface area (Å²) in [5, 5.41) is 13.2. The summed E-state index contributed by atoms with van der Waals surface area (Å²) in [6.07, 6.45) is -1.05. The molecule has 8 nitrogen and oxygen atoms in total. The lowest BCUT2D eigenvalue weighted by atomic mass is 9.90. The first-order chi connectivity index (χ1) is 15.5. The zero-order valence-corrected chi connectivity index (χ0v) is 17.3. The summed E-state index contributed by atoms with van der Waals surface area (Å²) in [5.74, 6) is -1.71. The molecule has 9 heteroatoms. The lowest BCUT2D eigenvalue weighted by Crippen LogP contribution is -2.37. The van der Waals surface area contributed by atoms with Crippen LogP contribution in [0.1, 0.15) is 11.6 Å². The number of imide groups is 1. The largest absolute Gasteiger partial charge is 0.273 e. The average Bonchev–Trinajstić information content (AvgIpc) is 3.31. The summed E-state index contributed by atoms with van der Waals surface area (Å²) >= 11 is 5.94. The molecule has 32 heavy (non-hydrogen) atoms. The molecule has 5 rings (SSSR count). The highest BCUT2D eigenvalue weighted by molar-refractivity contribution is 6.31. The third-order valence-corrected chi connectivity index (χ3v) is 5.89. The molecule has 0 aliphatic carbocycles. The summed E-state index contributed by atoms with van der Waals surface area (Å²) in [4.78, 5) is 44.6. The quantitative estimate of drug-likeness (QED) is 0.335. The molecule has 3 aromatic rings. The maximum atomic E-state index is 13.5. The number of halogens is 1. The zero-order valence-electron chi connectivity index (χ0n) is 16.5. The van der Waals surface area contributed by atoms with Gasteiger partial charge in [-0.15, -0.1) is 0 Å². The van der Waals surface area contributed by atoms with E-state index in [-0.39, 0.29) is 5.69 Å². The standard InChI is InChI=1S/C23H16ClN3O5/c24-15-9-11-16(12-10-15)25-22(28)19-20(14-5-2-1-3-6-14)26(32-21(19)23(25)29)17-7-4-8-18(13-17)27(30)31/h1-13,19-21H/t19-,20+,21-/m0/s1. The van der Waals surface area contributed by atoms with Gasteiger partial charge in [0.2, 0.25) is 5.91 Å². The second-order valence-corrected chi connectivity index (χ2v) is 7.93. The Labute approximate surface area is 187 Å². The van der Waals surface area contributed by atoms with Gasteiger partial charge >= 0.3 is 0 Å². The third kappa shape index (κ3) is 3.21. The second-order valence-electron chi connectivity index (χ2n) is 7.50. The van der Waals surface area contributed by atoms with Crippen molar-refractivity contribution < 1.29 is 19.3 Å². The van der Waals surface area contributed by atoms with E-state index in [2.05, 4.69) is 0 Å². The molecule has 0 aromatic heterocycles. The molecule has 0 spiro atoms. The van der Waals surface area contributed by atoms with Crippen molar-refractivity contribution in [3.05, 3.63) is 99.6 Å². The van der Waals surface area contributed by atoms with Crippen LogP contribution in [0.2, 0.25) is 5.02 Å². The van der Waals surface area contributed by atoms with Gasteiger partial charge in [0.25, 0.3) is 11.6 Å². The topological polar surface area (TPSA) is 93.0 Å². The lowest BCUT2D eigenvalue weighted by Gasteiger charge is -2.28. The van der Waals surface area contributed by atoms with Crippen molar-refractivity contribution in [3.8, 4) is 0 Å². The molecule has 3 atom stereocenters. The molecule has 0 bridgehead atoms. The number of nitro benzene ring substituents is 1. The van der Waals surface area contributed by atoms with Crippen LogP contribution in [-0.4, -0.2) is 22.8 Å². The van der Waals surface area contributed by atoms with Crippen LogP contribution in [0.5, 0.6) is 0 Å². The molecule has 0 saturated carbocycles. The number of carbonyl (C=O) groups is 2. The van der Waals surface area contributed by atoms with Crippen LogP contribution in [0.15, 0.2) is 78.9 Å². The highest BCUT2D eigenvalue weighted by Crippen LogP contribution is 2.47. The fraction of sp³-hybridized carbons (Fsp3) is 0.130. The van der Waals surface area contributed by atoms with Gasteiger partial charge in [0, 0.05) is 17.2 Å². The molecule has 2 amide bonds. The highest BCUT2D eigenvalue weighted by atomic mass is 35.5. The van der Waals surface area contributed by atoms with E-state index in [1.165, 1.54) is 23.3 Å². The number of non-ortho nitro benzene ring substituents is 1. The normalized spacial score (nSPS) is 22.3. The van der Waals surface area contributed by atoms with Gasteiger partial charge in [-0.3, -0.25) is 24.5 Å². The SMILES string of the molecule is O=C1[C@@H]2[C@H](ON(c3cccc([N+](=O)[O-])c3)[C@@H]2c2ccccc2)C(=O)N1c1ccc(Cl)cc1. The molecule has 2 heterocycles. The Morgan fingerprint density at radius 3 is 2.28 bits per heavy atom. The monoisotopic (exact) mass is 449 g/mol. The van der Waals surface area contributed by atoms with Crippen molar-refractivity contribution in [3.63, 3.8) is 0 Å². The fourth-order valence-corrected chi connectivity index (χ4v) is 4.34. The number of fused-ring (bicyclic) bond motifs is 1.